The number of rotatable bonds is 7. The third-order valence-corrected chi connectivity index (χ3v) is 3.93. The van der Waals surface area contributed by atoms with Gasteiger partial charge >= 0.3 is 5.97 Å². The minimum Gasteiger partial charge on any atom is -0.482 e. The molecule has 0 aliphatic carbocycles. The van der Waals surface area contributed by atoms with E-state index in [9.17, 15) is 19.2 Å². The van der Waals surface area contributed by atoms with Crippen molar-refractivity contribution in [1.82, 2.24) is 4.90 Å². The molecular formula is C16H16N2O6S. The molecule has 1 aromatic rings. The Hall–Kier alpha value is -2.81. The van der Waals surface area contributed by atoms with Gasteiger partial charge in [0, 0.05) is 0 Å². The molecule has 2 N–H and O–H groups in total. The summed E-state index contributed by atoms with van der Waals surface area (Å²) in [6.07, 6.45) is 1.53. The number of nitrogens with two attached hydrogens (primary N) is 1. The lowest BCUT2D eigenvalue weighted by atomic mass is 10.2. The van der Waals surface area contributed by atoms with Crippen molar-refractivity contribution >= 4 is 40.9 Å². The van der Waals surface area contributed by atoms with Crippen molar-refractivity contribution in [2.75, 3.05) is 19.8 Å². The zero-order valence-electron chi connectivity index (χ0n) is 13.4. The Kier molecular flexibility index (Phi) is 6.18. The summed E-state index contributed by atoms with van der Waals surface area (Å²) in [4.78, 5) is 46.9. The van der Waals surface area contributed by atoms with E-state index in [2.05, 4.69) is 0 Å². The van der Waals surface area contributed by atoms with Gasteiger partial charge in [-0.05, 0) is 42.5 Å². The molecule has 0 bridgehead atoms. The number of hydrogen-bond donors (Lipinski definition) is 1. The summed E-state index contributed by atoms with van der Waals surface area (Å²) in [5, 5.41) is -0.538. The van der Waals surface area contributed by atoms with Crippen LogP contribution >= 0.6 is 11.8 Å². The highest BCUT2D eigenvalue weighted by molar-refractivity contribution is 8.18. The first-order valence-electron chi connectivity index (χ1n) is 7.33. The summed E-state index contributed by atoms with van der Waals surface area (Å²) in [5.74, 6) is -1.31. The van der Waals surface area contributed by atoms with Gasteiger partial charge < -0.3 is 15.2 Å². The maximum atomic E-state index is 12.1. The summed E-state index contributed by atoms with van der Waals surface area (Å²) in [6.45, 7) is 1.35. The van der Waals surface area contributed by atoms with Crippen molar-refractivity contribution in [3.8, 4) is 5.75 Å². The molecule has 0 radical (unpaired) electrons. The van der Waals surface area contributed by atoms with Gasteiger partial charge in [-0.2, -0.15) is 0 Å². The number of imide groups is 1. The van der Waals surface area contributed by atoms with Gasteiger partial charge in [-0.3, -0.25) is 19.3 Å². The standard InChI is InChI=1S/C16H16N2O6S/c1-2-23-14(20)9-24-11-5-3-10(4-6-11)7-12-15(21)18(8-13(17)19)16(22)25-12/h3-7H,2,8-9H2,1H3,(H2,17,19)/b12-7-. The lowest BCUT2D eigenvalue weighted by Crippen LogP contribution is -2.36. The number of amides is 3. The Morgan fingerprint density at radius 2 is 1.92 bits per heavy atom. The second-order valence-electron chi connectivity index (χ2n) is 4.90. The SMILES string of the molecule is CCOC(=O)COc1ccc(/C=C2\SC(=O)N(CC(N)=O)C2=O)cc1. The van der Waals surface area contributed by atoms with E-state index in [-0.39, 0.29) is 18.1 Å². The van der Waals surface area contributed by atoms with Crippen LogP contribution in [0.4, 0.5) is 4.79 Å². The minimum absolute atomic E-state index is 0.195. The molecular weight excluding hydrogens is 348 g/mol. The Balaban J connectivity index is 2.02. The van der Waals surface area contributed by atoms with Crippen LogP contribution in [0.1, 0.15) is 12.5 Å². The molecule has 0 aromatic heterocycles. The first-order chi connectivity index (χ1) is 11.9. The quantitative estimate of drug-likeness (QED) is 0.570. The maximum Gasteiger partial charge on any atom is 0.344 e. The van der Waals surface area contributed by atoms with Crippen LogP contribution in [0.5, 0.6) is 5.75 Å². The van der Waals surface area contributed by atoms with Gasteiger partial charge in [0.05, 0.1) is 11.5 Å². The largest absolute Gasteiger partial charge is 0.482 e. The number of carbonyl (C=O) groups excluding carboxylic acids is 4. The molecule has 0 spiro atoms. The monoisotopic (exact) mass is 364 g/mol. The average Bonchev–Trinajstić information content (AvgIpc) is 2.82. The lowest BCUT2D eigenvalue weighted by molar-refractivity contribution is -0.145. The molecule has 9 heteroatoms. The van der Waals surface area contributed by atoms with Gasteiger partial charge in [0.2, 0.25) is 5.91 Å². The Bertz CT molecular complexity index is 729. The number of nitrogens with zero attached hydrogens (tertiary/aromatic N) is 1. The van der Waals surface area contributed by atoms with E-state index in [0.717, 1.165) is 16.7 Å². The lowest BCUT2D eigenvalue weighted by Gasteiger charge is -2.08. The Morgan fingerprint density at radius 1 is 1.24 bits per heavy atom. The summed E-state index contributed by atoms with van der Waals surface area (Å²) in [7, 11) is 0. The van der Waals surface area contributed by atoms with Gasteiger partial charge in [0.25, 0.3) is 11.1 Å². The first kappa shape index (κ1) is 18.5. The average molecular weight is 364 g/mol. The number of ether oxygens (including phenoxy) is 2. The summed E-state index contributed by atoms with van der Waals surface area (Å²) in [5.41, 5.74) is 5.68. The molecule has 25 heavy (non-hydrogen) atoms. The van der Waals surface area contributed by atoms with Crippen molar-refractivity contribution in [3.05, 3.63) is 34.7 Å². The van der Waals surface area contributed by atoms with Crippen LogP contribution in [0.25, 0.3) is 6.08 Å². The van der Waals surface area contributed by atoms with E-state index >= 15 is 0 Å². The zero-order chi connectivity index (χ0) is 18.4. The fourth-order valence-electron chi connectivity index (χ4n) is 1.95. The number of carbonyl (C=O) groups is 4. The van der Waals surface area contributed by atoms with Crippen molar-refractivity contribution in [2.24, 2.45) is 5.73 Å². The fourth-order valence-corrected chi connectivity index (χ4v) is 2.79. The van der Waals surface area contributed by atoms with E-state index < -0.39 is 29.6 Å². The highest BCUT2D eigenvalue weighted by atomic mass is 32.2. The zero-order valence-corrected chi connectivity index (χ0v) is 14.2. The molecule has 8 nitrogen and oxygen atoms in total. The first-order valence-corrected chi connectivity index (χ1v) is 8.14. The van der Waals surface area contributed by atoms with Crippen molar-refractivity contribution in [3.63, 3.8) is 0 Å². The highest BCUT2D eigenvalue weighted by Crippen LogP contribution is 2.32. The molecule has 1 aliphatic rings. The molecule has 0 atom stereocenters. The smallest absolute Gasteiger partial charge is 0.344 e. The Labute approximate surface area is 147 Å². The van der Waals surface area contributed by atoms with E-state index in [0.29, 0.717) is 11.3 Å². The van der Waals surface area contributed by atoms with E-state index in [1.165, 1.54) is 6.08 Å². The van der Waals surface area contributed by atoms with Crippen LogP contribution in [-0.4, -0.2) is 47.7 Å². The molecule has 132 valence electrons. The second kappa shape index (κ2) is 8.34. The van der Waals surface area contributed by atoms with Crippen molar-refractivity contribution in [2.45, 2.75) is 6.92 Å². The number of primary amides is 1. The van der Waals surface area contributed by atoms with Gasteiger partial charge in [-0.1, -0.05) is 12.1 Å². The van der Waals surface area contributed by atoms with E-state index in [1.807, 2.05) is 0 Å². The van der Waals surface area contributed by atoms with Crippen LogP contribution in [-0.2, 0) is 19.1 Å². The summed E-state index contributed by atoms with van der Waals surface area (Å²) >= 11 is 0.741. The maximum absolute atomic E-state index is 12.1. The molecule has 1 heterocycles. The summed E-state index contributed by atoms with van der Waals surface area (Å²) < 4.78 is 10.0. The predicted molar refractivity (Wildman–Crippen MR) is 90.4 cm³/mol. The fraction of sp³-hybridized carbons (Fsp3) is 0.250. The van der Waals surface area contributed by atoms with Crippen LogP contribution in [0, 0.1) is 0 Å². The van der Waals surface area contributed by atoms with Crippen molar-refractivity contribution < 1.29 is 28.7 Å². The number of hydrogen-bond acceptors (Lipinski definition) is 7. The normalized spacial score (nSPS) is 15.6. The van der Waals surface area contributed by atoms with Crippen LogP contribution in [0.2, 0.25) is 0 Å². The van der Waals surface area contributed by atoms with Crippen LogP contribution in [0.15, 0.2) is 29.2 Å². The molecule has 1 saturated heterocycles. The molecule has 1 aromatic carbocycles. The topological polar surface area (TPSA) is 116 Å². The summed E-state index contributed by atoms with van der Waals surface area (Å²) in [6, 6.07) is 6.59. The van der Waals surface area contributed by atoms with Crippen LogP contribution < -0.4 is 10.5 Å². The van der Waals surface area contributed by atoms with Crippen molar-refractivity contribution in [1.29, 1.82) is 0 Å². The number of benzene rings is 1. The minimum atomic E-state index is -0.758. The molecule has 1 fully saturated rings. The Morgan fingerprint density at radius 3 is 2.52 bits per heavy atom. The van der Waals surface area contributed by atoms with Crippen LogP contribution in [0.3, 0.4) is 0 Å². The van der Waals surface area contributed by atoms with Gasteiger partial charge in [0.1, 0.15) is 12.3 Å². The molecule has 3 amide bonds. The second-order valence-corrected chi connectivity index (χ2v) is 5.89. The number of esters is 1. The predicted octanol–water partition coefficient (Wildman–Crippen LogP) is 1.15. The molecule has 2 rings (SSSR count). The molecule has 0 unspecified atom stereocenters. The number of thioether (sulfide) groups is 1. The van der Waals surface area contributed by atoms with Gasteiger partial charge in [-0.15, -0.1) is 0 Å². The molecule has 1 aliphatic heterocycles. The van der Waals surface area contributed by atoms with Gasteiger partial charge in [0.15, 0.2) is 6.61 Å². The third-order valence-electron chi connectivity index (χ3n) is 3.03. The third kappa shape index (κ3) is 5.08. The van der Waals surface area contributed by atoms with E-state index in [4.69, 9.17) is 15.2 Å². The van der Waals surface area contributed by atoms with E-state index in [1.54, 1.807) is 31.2 Å². The molecule has 0 saturated carbocycles. The van der Waals surface area contributed by atoms with Gasteiger partial charge in [-0.25, -0.2) is 4.79 Å². The highest BCUT2D eigenvalue weighted by Gasteiger charge is 2.35.